The predicted octanol–water partition coefficient (Wildman–Crippen LogP) is 4.85. The van der Waals surface area contributed by atoms with Crippen LogP contribution in [0.4, 0.5) is 5.69 Å². The lowest BCUT2D eigenvalue weighted by Crippen LogP contribution is -2.49. The van der Waals surface area contributed by atoms with Crippen molar-refractivity contribution in [2.45, 2.75) is 50.2 Å². The molecule has 1 aliphatic carbocycles. The summed E-state index contributed by atoms with van der Waals surface area (Å²) in [6.45, 7) is 0.740. The van der Waals surface area contributed by atoms with Gasteiger partial charge < -0.3 is 20.5 Å². The number of hydrogen-bond donors (Lipinski definition) is 3. The van der Waals surface area contributed by atoms with Crippen LogP contribution >= 0.6 is 0 Å². The molecule has 3 heterocycles. The van der Waals surface area contributed by atoms with Crippen LogP contribution in [0.15, 0.2) is 73.2 Å². The van der Waals surface area contributed by atoms with E-state index in [1.54, 1.807) is 18.6 Å². The van der Waals surface area contributed by atoms with E-state index < -0.39 is 0 Å². The molecular formula is C30H33N5O2. The summed E-state index contributed by atoms with van der Waals surface area (Å²) in [6.07, 6.45) is 11.1. The van der Waals surface area contributed by atoms with Crippen molar-refractivity contribution in [2.24, 2.45) is 11.8 Å². The van der Waals surface area contributed by atoms with Gasteiger partial charge in [-0.2, -0.15) is 0 Å². The number of aromatic amines is 1. The van der Waals surface area contributed by atoms with Gasteiger partial charge >= 0.3 is 0 Å². The fourth-order valence-corrected chi connectivity index (χ4v) is 6.53. The van der Waals surface area contributed by atoms with Crippen molar-refractivity contribution in [3.63, 3.8) is 0 Å². The lowest BCUT2D eigenvalue weighted by Gasteiger charge is -2.42. The number of fused-ring (bicyclic) bond motifs is 3. The molecule has 190 valence electrons. The van der Waals surface area contributed by atoms with Gasteiger partial charge in [-0.1, -0.05) is 61.4 Å². The van der Waals surface area contributed by atoms with Crippen LogP contribution in [0.25, 0.3) is 6.08 Å². The van der Waals surface area contributed by atoms with Crippen LogP contribution in [0.3, 0.4) is 0 Å². The van der Waals surface area contributed by atoms with E-state index in [4.69, 9.17) is 0 Å². The van der Waals surface area contributed by atoms with E-state index in [2.05, 4.69) is 74.0 Å². The van der Waals surface area contributed by atoms with Crippen LogP contribution in [0, 0.1) is 11.8 Å². The van der Waals surface area contributed by atoms with Crippen molar-refractivity contribution in [3.05, 3.63) is 90.0 Å². The minimum absolute atomic E-state index is 0.0352. The Kier molecular flexibility index (Phi) is 6.51. The molecule has 1 saturated heterocycles. The Hall–Kier alpha value is -3.87. The number of aromatic nitrogens is 2. The van der Waals surface area contributed by atoms with Crippen LogP contribution in [0.2, 0.25) is 0 Å². The molecule has 0 bridgehead atoms. The summed E-state index contributed by atoms with van der Waals surface area (Å²) in [6, 6.07) is 19.0. The minimum Gasteiger partial charge on any atom is -0.378 e. The Morgan fingerprint density at radius 1 is 1.00 bits per heavy atom. The Morgan fingerprint density at radius 2 is 1.81 bits per heavy atom. The van der Waals surface area contributed by atoms with Crippen molar-refractivity contribution in [1.29, 1.82) is 0 Å². The monoisotopic (exact) mass is 495 g/mol. The molecule has 1 aromatic heterocycles. The number of carbonyl (C=O) groups is 2. The van der Waals surface area contributed by atoms with Crippen LogP contribution in [-0.2, 0) is 9.59 Å². The van der Waals surface area contributed by atoms with E-state index in [1.165, 1.54) is 17.2 Å². The maximum atomic E-state index is 14.2. The number of rotatable bonds is 5. The average molecular weight is 496 g/mol. The molecule has 2 amide bonds. The molecule has 6 rings (SSSR count). The quantitative estimate of drug-likeness (QED) is 0.441. The van der Waals surface area contributed by atoms with Gasteiger partial charge in [0.25, 0.3) is 0 Å². The maximum Gasteiger partial charge on any atom is 0.244 e. The van der Waals surface area contributed by atoms with Crippen LogP contribution in [0.1, 0.15) is 61.0 Å². The molecule has 2 aromatic carbocycles. The molecule has 37 heavy (non-hydrogen) atoms. The number of hydrogen-bond acceptors (Lipinski definition) is 4. The molecule has 3 aliphatic rings. The van der Waals surface area contributed by atoms with Gasteiger partial charge in [0.1, 0.15) is 0 Å². The number of nitrogens with one attached hydrogen (secondary N) is 3. The fraction of sp³-hybridized carbons (Fsp3) is 0.367. The zero-order chi connectivity index (χ0) is 25.2. The second kappa shape index (κ2) is 10.2. The summed E-state index contributed by atoms with van der Waals surface area (Å²) in [4.78, 5) is 36.0. The lowest BCUT2D eigenvalue weighted by atomic mass is 9.79. The average Bonchev–Trinajstić information content (AvgIpc) is 3.63. The van der Waals surface area contributed by atoms with E-state index in [0.29, 0.717) is 11.6 Å². The summed E-state index contributed by atoms with van der Waals surface area (Å²) in [5, 5.41) is 6.91. The molecule has 2 aliphatic heterocycles. The van der Waals surface area contributed by atoms with Crippen LogP contribution in [-0.4, -0.2) is 39.3 Å². The van der Waals surface area contributed by atoms with E-state index in [-0.39, 0.29) is 35.9 Å². The summed E-state index contributed by atoms with van der Waals surface area (Å²) in [5.41, 5.74) is 4.26. The van der Waals surface area contributed by atoms with Gasteiger partial charge in [0.15, 0.2) is 0 Å². The zero-order valence-electron chi connectivity index (χ0n) is 20.8. The van der Waals surface area contributed by atoms with Gasteiger partial charge in [0.05, 0.1) is 30.0 Å². The summed E-state index contributed by atoms with van der Waals surface area (Å²) in [7, 11) is 0. The first kappa shape index (κ1) is 23.5. The largest absolute Gasteiger partial charge is 0.378 e. The van der Waals surface area contributed by atoms with E-state index in [9.17, 15) is 9.59 Å². The van der Waals surface area contributed by atoms with Crippen molar-refractivity contribution in [3.8, 4) is 0 Å². The van der Waals surface area contributed by atoms with Gasteiger partial charge in [-0.25, -0.2) is 4.98 Å². The predicted molar refractivity (Wildman–Crippen MR) is 143 cm³/mol. The number of para-hydroxylation sites is 1. The summed E-state index contributed by atoms with van der Waals surface area (Å²) < 4.78 is 0. The summed E-state index contributed by atoms with van der Waals surface area (Å²) in [5.74, 6) is 0.0998. The number of amides is 2. The molecule has 1 saturated carbocycles. The molecule has 7 nitrogen and oxygen atoms in total. The highest BCUT2D eigenvalue weighted by atomic mass is 16.2. The van der Waals surface area contributed by atoms with Gasteiger partial charge in [0.2, 0.25) is 11.8 Å². The zero-order valence-corrected chi connectivity index (χ0v) is 20.8. The third-order valence-corrected chi connectivity index (χ3v) is 8.24. The van der Waals surface area contributed by atoms with Gasteiger partial charge in [-0.05, 0) is 42.5 Å². The number of likely N-dealkylation sites (tertiary alicyclic amines) is 1. The number of H-pyrrole nitrogens is 1. The highest BCUT2D eigenvalue weighted by molar-refractivity contribution is 5.92. The van der Waals surface area contributed by atoms with Gasteiger partial charge in [0, 0.05) is 36.5 Å². The number of imidazole rings is 1. The van der Waals surface area contributed by atoms with Crippen molar-refractivity contribution < 1.29 is 9.59 Å². The molecule has 7 heteroatoms. The molecular weight excluding hydrogens is 462 g/mol. The third kappa shape index (κ3) is 4.66. The minimum atomic E-state index is -0.201. The lowest BCUT2D eigenvalue weighted by molar-refractivity contribution is -0.139. The second-order valence-electron chi connectivity index (χ2n) is 10.4. The topological polar surface area (TPSA) is 90.1 Å². The first-order valence-electron chi connectivity index (χ1n) is 13.4. The highest BCUT2D eigenvalue weighted by Crippen LogP contribution is 2.51. The molecule has 0 unspecified atom stereocenters. The number of benzene rings is 2. The smallest absolute Gasteiger partial charge is 0.244 e. The van der Waals surface area contributed by atoms with Gasteiger partial charge in [-0.15, -0.1) is 0 Å². The van der Waals surface area contributed by atoms with Crippen LogP contribution in [0.5, 0.6) is 0 Å². The third-order valence-electron chi connectivity index (χ3n) is 8.24. The maximum absolute atomic E-state index is 14.2. The Labute approximate surface area is 217 Å². The van der Waals surface area contributed by atoms with E-state index in [1.807, 2.05) is 6.07 Å². The van der Waals surface area contributed by atoms with Crippen LogP contribution < -0.4 is 10.6 Å². The fourth-order valence-electron chi connectivity index (χ4n) is 6.53. The highest BCUT2D eigenvalue weighted by Gasteiger charge is 2.48. The number of carbonyl (C=O) groups excluding carboxylic acids is 2. The molecule has 3 aromatic rings. The molecule has 3 N–H and O–H groups in total. The number of anilines is 1. The Morgan fingerprint density at radius 3 is 2.65 bits per heavy atom. The normalized spacial score (nSPS) is 26.8. The standard InChI is InChI=1S/C30H33N5O2/c36-27(15-14-21-18-31-19-32-21)33-26-13-7-5-11-23(26)30(37)35-17-16-24-28(20-8-2-1-3-9-20)34-25-12-6-4-10-22(25)29(24)35/h1-4,6,8-10,12,14-15,18-19,23-24,26,28-29,34H,5,7,11,13,16-17H2,(H,31,32)(H,33,36)/t23-,24+,26+,28-,29-/m0/s1. The van der Waals surface area contributed by atoms with Crippen molar-refractivity contribution in [1.82, 2.24) is 20.2 Å². The first-order chi connectivity index (χ1) is 18.2. The molecule has 0 spiro atoms. The van der Waals surface area contributed by atoms with E-state index >= 15 is 0 Å². The molecule has 0 radical (unpaired) electrons. The Bertz CT molecular complexity index is 1270. The molecule has 2 fully saturated rings. The van der Waals surface area contributed by atoms with E-state index in [0.717, 1.165) is 44.3 Å². The van der Waals surface area contributed by atoms with Gasteiger partial charge in [-0.3, -0.25) is 9.59 Å². The number of nitrogens with zero attached hydrogens (tertiary/aromatic N) is 2. The molecule has 5 atom stereocenters. The SMILES string of the molecule is O=C(C=Cc1c[nH]cn1)N[C@@H]1CCCC[C@@H]1C(=O)N1CC[C@@H]2[C@H](c3ccccc3)Nc3ccccc3[C@@H]21. The van der Waals surface area contributed by atoms with Crippen molar-refractivity contribution >= 4 is 23.6 Å². The van der Waals surface area contributed by atoms with Crippen molar-refractivity contribution in [2.75, 3.05) is 11.9 Å². The first-order valence-corrected chi connectivity index (χ1v) is 13.4. The summed E-state index contributed by atoms with van der Waals surface area (Å²) >= 11 is 0. The Balaban J connectivity index is 1.24. The second-order valence-corrected chi connectivity index (χ2v) is 10.4.